The number of halogens is 3. The van der Waals surface area contributed by atoms with Gasteiger partial charge < -0.3 is 4.74 Å². The maximum absolute atomic E-state index is 13.1. The summed E-state index contributed by atoms with van der Waals surface area (Å²) in [5, 5.41) is 0.497. The van der Waals surface area contributed by atoms with Crippen molar-refractivity contribution in [2.75, 3.05) is 0 Å². The first-order valence-electron chi connectivity index (χ1n) is 4.83. The fourth-order valence-corrected chi connectivity index (χ4v) is 1.45. The molecule has 17 heavy (non-hydrogen) atoms. The summed E-state index contributed by atoms with van der Waals surface area (Å²) in [5.74, 6) is -0.0831. The third kappa shape index (κ3) is 3.32. The van der Waals surface area contributed by atoms with Crippen LogP contribution in [0.3, 0.4) is 0 Å². The standard InChI is InChI=1S/C12H8Cl2FNO/c13-10-3-2-9(5-11(10)15)17-7-8-1-4-12(14)16-6-8/h1-6H,7H2. The van der Waals surface area contributed by atoms with Gasteiger partial charge in [-0.2, -0.15) is 0 Å². The highest BCUT2D eigenvalue weighted by Gasteiger charge is 2.02. The van der Waals surface area contributed by atoms with Crippen molar-refractivity contribution >= 4 is 23.2 Å². The van der Waals surface area contributed by atoms with Crippen LogP contribution in [-0.2, 0) is 6.61 Å². The van der Waals surface area contributed by atoms with E-state index in [9.17, 15) is 4.39 Å². The Balaban J connectivity index is 2.02. The molecular formula is C12H8Cl2FNO. The minimum Gasteiger partial charge on any atom is -0.489 e. The summed E-state index contributed by atoms with van der Waals surface area (Å²) in [7, 11) is 0. The van der Waals surface area contributed by atoms with Crippen LogP contribution >= 0.6 is 23.2 Å². The monoisotopic (exact) mass is 271 g/mol. The van der Waals surface area contributed by atoms with Crippen LogP contribution in [0.1, 0.15) is 5.56 Å². The molecule has 0 radical (unpaired) electrons. The van der Waals surface area contributed by atoms with Crippen LogP contribution in [0.2, 0.25) is 10.2 Å². The topological polar surface area (TPSA) is 22.1 Å². The lowest BCUT2D eigenvalue weighted by atomic mass is 10.3. The lowest BCUT2D eigenvalue weighted by Gasteiger charge is -2.06. The fraction of sp³-hybridized carbons (Fsp3) is 0.0833. The van der Waals surface area contributed by atoms with E-state index >= 15 is 0 Å². The summed E-state index contributed by atoms with van der Waals surface area (Å²) in [6.45, 7) is 0.297. The molecule has 1 heterocycles. The van der Waals surface area contributed by atoms with Crippen LogP contribution in [0.15, 0.2) is 36.5 Å². The van der Waals surface area contributed by atoms with Gasteiger partial charge in [0.15, 0.2) is 0 Å². The first-order valence-corrected chi connectivity index (χ1v) is 5.59. The highest BCUT2D eigenvalue weighted by atomic mass is 35.5. The molecule has 2 rings (SSSR count). The van der Waals surface area contributed by atoms with Crippen LogP contribution in [-0.4, -0.2) is 4.98 Å². The van der Waals surface area contributed by atoms with Gasteiger partial charge in [0.05, 0.1) is 5.02 Å². The van der Waals surface area contributed by atoms with Crippen molar-refractivity contribution < 1.29 is 9.13 Å². The van der Waals surface area contributed by atoms with E-state index in [1.807, 2.05) is 0 Å². The molecule has 1 aromatic carbocycles. The average molecular weight is 272 g/mol. The normalized spacial score (nSPS) is 10.3. The molecule has 0 amide bonds. The van der Waals surface area contributed by atoms with Gasteiger partial charge in [-0.1, -0.05) is 29.3 Å². The van der Waals surface area contributed by atoms with Gasteiger partial charge in [0.25, 0.3) is 0 Å². The van der Waals surface area contributed by atoms with E-state index in [-0.39, 0.29) is 5.02 Å². The Kier molecular flexibility index (Phi) is 3.82. The van der Waals surface area contributed by atoms with Gasteiger partial charge >= 0.3 is 0 Å². The molecule has 0 aliphatic carbocycles. The van der Waals surface area contributed by atoms with Gasteiger partial charge in [-0.05, 0) is 18.2 Å². The van der Waals surface area contributed by atoms with E-state index in [1.54, 1.807) is 24.4 Å². The van der Waals surface area contributed by atoms with Gasteiger partial charge in [0.2, 0.25) is 0 Å². The molecule has 2 nitrogen and oxygen atoms in total. The molecule has 0 spiro atoms. The van der Waals surface area contributed by atoms with Crippen molar-refractivity contribution in [3.8, 4) is 5.75 Å². The summed E-state index contributed by atoms with van der Waals surface area (Å²) >= 11 is 11.2. The van der Waals surface area contributed by atoms with Crippen LogP contribution in [0, 0.1) is 5.82 Å². The minimum absolute atomic E-state index is 0.0745. The Bertz CT molecular complexity index is 516. The Hall–Kier alpha value is -1.32. The molecule has 0 bridgehead atoms. The molecule has 2 aromatic rings. The van der Waals surface area contributed by atoms with Crippen LogP contribution in [0.4, 0.5) is 4.39 Å². The van der Waals surface area contributed by atoms with Crippen LogP contribution in [0.25, 0.3) is 0 Å². The molecule has 0 saturated carbocycles. The Morgan fingerprint density at radius 2 is 2.00 bits per heavy atom. The number of benzene rings is 1. The zero-order valence-electron chi connectivity index (χ0n) is 8.66. The van der Waals surface area contributed by atoms with Gasteiger partial charge in [-0.15, -0.1) is 0 Å². The first-order chi connectivity index (χ1) is 8.15. The van der Waals surface area contributed by atoms with Crippen molar-refractivity contribution in [1.29, 1.82) is 0 Å². The van der Waals surface area contributed by atoms with E-state index in [1.165, 1.54) is 12.1 Å². The fourth-order valence-electron chi connectivity index (χ4n) is 1.23. The van der Waals surface area contributed by atoms with E-state index in [4.69, 9.17) is 27.9 Å². The van der Waals surface area contributed by atoms with Crippen molar-refractivity contribution in [1.82, 2.24) is 4.98 Å². The van der Waals surface area contributed by atoms with Gasteiger partial charge in [-0.3, -0.25) is 0 Å². The molecule has 0 atom stereocenters. The highest BCUT2D eigenvalue weighted by molar-refractivity contribution is 6.30. The third-order valence-corrected chi connectivity index (χ3v) is 2.62. The van der Waals surface area contributed by atoms with Gasteiger partial charge in [0.1, 0.15) is 23.3 Å². The lowest BCUT2D eigenvalue weighted by Crippen LogP contribution is -1.96. The van der Waals surface area contributed by atoms with Crippen molar-refractivity contribution in [3.63, 3.8) is 0 Å². The smallest absolute Gasteiger partial charge is 0.145 e. The number of hydrogen-bond donors (Lipinski definition) is 0. The maximum Gasteiger partial charge on any atom is 0.145 e. The largest absolute Gasteiger partial charge is 0.489 e. The maximum atomic E-state index is 13.1. The number of rotatable bonds is 3. The summed E-state index contributed by atoms with van der Waals surface area (Å²) in [5.41, 5.74) is 0.852. The Morgan fingerprint density at radius 3 is 2.65 bits per heavy atom. The molecule has 0 saturated heterocycles. The predicted molar refractivity (Wildman–Crippen MR) is 65.0 cm³/mol. The zero-order valence-corrected chi connectivity index (χ0v) is 10.2. The van der Waals surface area contributed by atoms with Crippen LogP contribution < -0.4 is 4.74 Å². The van der Waals surface area contributed by atoms with E-state index < -0.39 is 5.82 Å². The summed E-state index contributed by atoms with van der Waals surface area (Å²) in [6, 6.07) is 7.76. The predicted octanol–water partition coefficient (Wildman–Crippen LogP) is 4.11. The Morgan fingerprint density at radius 1 is 1.18 bits per heavy atom. The first kappa shape index (κ1) is 12.1. The lowest BCUT2D eigenvalue weighted by molar-refractivity contribution is 0.304. The van der Waals surface area contributed by atoms with Crippen molar-refractivity contribution in [2.45, 2.75) is 6.61 Å². The molecule has 88 valence electrons. The number of pyridine rings is 1. The van der Waals surface area contributed by atoms with E-state index in [2.05, 4.69) is 4.98 Å². The van der Waals surface area contributed by atoms with Crippen molar-refractivity contribution in [2.24, 2.45) is 0 Å². The third-order valence-electron chi connectivity index (χ3n) is 2.09. The quantitative estimate of drug-likeness (QED) is 0.784. The second kappa shape index (κ2) is 5.34. The van der Waals surface area contributed by atoms with Crippen LogP contribution in [0.5, 0.6) is 5.75 Å². The average Bonchev–Trinajstić information content (AvgIpc) is 2.33. The van der Waals surface area contributed by atoms with Gasteiger partial charge in [0, 0.05) is 17.8 Å². The molecular weight excluding hydrogens is 264 g/mol. The number of nitrogens with zero attached hydrogens (tertiary/aromatic N) is 1. The number of aromatic nitrogens is 1. The minimum atomic E-state index is -0.501. The molecule has 0 aliphatic rings. The summed E-state index contributed by atoms with van der Waals surface area (Å²) in [6.07, 6.45) is 1.61. The summed E-state index contributed by atoms with van der Waals surface area (Å²) < 4.78 is 18.5. The van der Waals surface area contributed by atoms with E-state index in [0.29, 0.717) is 17.5 Å². The zero-order chi connectivity index (χ0) is 12.3. The Labute approximate surface area is 108 Å². The number of ether oxygens (including phenoxy) is 1. The summed E-state index contributed by atoms with van der Waals surface area (Å²) in [4.78, 5) is 3.91. The molecule has 0 fully saturated rings. The van der Waals surface area contributed by atoms with E-state index in [0.717, 1.165) is 5.56 Å². The second-order valence-corrected chi connectivity index (χ2v) is 4.15. The van der Waals surface area contributed by atoms with Gasteiger partial charge in [-0.25, -0.2) is 9.37 Å². The molecule has 1 aromatic heterocycles. The molecule has 5 heteroatoms. The molecule has 0 aliphatic heterocycles. The molecule has 0 unspecified atom stereocenters. The highest BCUT2D eigenvalue weighted by Crippen LogP contribution is 2.21. The van der Waals surface area contributed by atoms with Crippen molar-refractivity contribution in [3.05, 3.63) is 58.1 Å². The number of hydrogen-bond acceptors (Lipinski definition) is 2. The SMILES string of the molecule is Fc1cc(OCc2ccc(Cl)nc2)ccc1Cl. The second-order valence-electron chi connectivity index (χ2n) is 3.35. The molecule has 0 N–H and O–H groups in total.